The molecule has 1 heterocycles. The van der Waals surface area contributed by atoms with Gasteiger partial charge in [-0.1, -0.05) is 54.6 Å². The standard InChI is InChI=1S/C21H23NO2/c23-19(15-21(24)12-6-13-21)22-14-11-16-7-4-5-10-18(16)20(22)17-8-2-1-3-9-17/h1-5,7-10,20,24H,6,11-15H2/t20-/m0/s1. The van der Waals surface area contributed by atoms with Crippen LogP contribution in [0.5, 0.6) is 0 Å². The molecule has 3 heteroatoms. The van der Waals surface area contributed by atoms with E-state index in [1.165, 1.54) is 11.1 Å². The molecule has 2 aromatic rings. The van der Waals surface area contributed by atoms with E-state index in [9.17, 15) is 9.90 Å². The Morgan fingerprint density at radius 1 is 1.08 bits per heavy atom. The van der Waals surface area contributed by atoms with E-state index in [1.54, 1.807) is 0 Å². The van der Waals surface area contributed by atoms with Crippen LogP contribution in [0.2, 0.25) is 0 Å². The largest absolute Gasteiger partial charge is 0.389 e. The number of nitrogens with zero attached hydrogens (tertiary/aromatic N) is 1. The van der Waals surface area contributed by atoms with Crippen molar-refractivity contribution in [1.29, 1.82) is 0 Å². The van der Waals surface area contributed by atoms with E-state index in [-0.39, 0.29) is 18.4 Å². The highest BCUT2D eigenvalue weighted by atomic mass is 16.3. The summed E-state index contributed by atoms with van der Waals surface area (Å²) in [6, 6.07) is 18.6. The van der Waals surface area contributed by atoms with Crippen molar-refractivity contribution in [3.8, 4) is 0 Å². The Bertz CT molecular complexity index is 737. The van der Waals surface area contributed by atoms with Crippen LogP contribution < -0.4 is 0 Å². The van der Waals surface area contributed by atoms with E-state index in [4.69, 9.17) is 0 Å². The molecular formula is C21H23NO2. The topological polar surface area (TPSA) is 40.5 Å². The summed E-state index contributed by atoms with van der Waals surface area (Å²) < 4.78 is 0. The maximum Gasteiger partial charge on any atom is 0.226 e. The van der Waals surface area contributed by atoms with Crippen molar-refractivity contribution in [2.75, 3.05) is 6.54 Å². The highest BCUT2D eigenvalue weighted by Gasteiger charge is 2.40. The van der Waals surface area contributed by atoms with Gasteiger partial charge in [-0.05, 0) is 42.4 Å². The first-order valence-electron chi connectivity index (χ1n) is 8.81. The molecule has 2 aliphatic rings. The Morgan fingerprint density at radius 2 is 1.79 bits per heavy atom. The van der Waals surface area contributed by atoms with Gasteiger partial charge in [0.15, 0.2) is 0 Å². The van der Waals surface area contributed by atoms with Crippen LogP contribution in [0.25, 0.3) is 0 Å². The number of fused-ring (bicyclic) bond motifs is 1. The van der Waals surface area contributed by atoms with Gasteiger partial charge >= 0.3 is 0 Å². The Kier molecular flexibility index (Phi) is 3.89. The minimum absolute atomic E-state index is 0.0488. The zero-order valence-corrected chi connectivity index (χ0v) is 13.8. The van der Waals surface area contributed by atoms with E-state index in [0.29, 0.717) is 6.54 Å². The molecule has 0 unspecified atom stereocenters. The molecule has 1 amide bonds. The van der Waals surface area contributed by atoms with Crippen molar-refractivity contribution in [3.63, 3.8) is 0 Å². The second-order valence-corrected chi connectivity index (χ2v) is 7.10. The Hall–Kier alpha value is -2.13. The van der Waals surface area contributed by atoms with E-state index in [1.807, 2.05) is 29.2 Å². The molecule has 1 atom stereocenters. The second kappa shape index (κ2) is 6.06. The van der Waals surface area contributed by atoms with Gasteiger partial charge in [0, 0.05) is 6.54 Å². The molecule has 24 heavy (non-hydrogen) atoms. The van der Waals surface area contributed by atoms with Crippen LogP contribution in [0.15, 0.2) is 54.6 Å². The second-order valence-electron chi connectivity index (χ2n) is 7.10. The fourth-order valence-corrected chi connectivity index (χ4v) is 3.97. The highest BCUT2D eigenvalue weighted by molar-refractivity contribution is 5.79. The fraction of sp³-hybridized carbons (Fsp3) is 0.381. The zero-order chi connectivity index (χ0) is 16.6. The minimum Gasteiger partial charge on any atom is -0.389 e. The number of aliphatic hydroxyl groups is 1. The molecule has 0 spiro atoms. The number of hydrogen-bond acceptors (Lipinski definition) is 2. The zero-order valence-electron chi connectivity index (χ0n) is 13.8. The van der Waals surface area contributed by atoms with Crippen molar-refractivity contribution in [1.82, 2.24) is 4.90 Å². The molecule has 0 aromatic heterocycles. The molecule has 0 bridgehead atoms. The lowest BCUT2D eigenvalue weighted by Gasteiger charge is -2.42. The molecule has 0 radical (unpaired) electrons. The van der Waals surface area contributed by atoms with Gasteiger partial charge in [0.1, 0.15) is 0 Å². The molecule has 1 N–H and O–H groups in total. The molecule has 1 saturated carbocycles. The smallest absolute Gasteiger partial charge is 0.226 e. The van der Waals surface area contributed by atoms with Crippen LogP contribution in [0.4, 0.5) is 0 Å². The molecule has 1 fully saturated rings. The summed E-state index contributed by atoms with van der Waals surface area (Å²) in [5.74, 6) is 0.0700. The van der Waals surface area contributed by atoms with Gasteiger partial charge in [-0.15, -0.1) is 0 Å². The molecule has 1 aliphatic heterocycles. The molecule has 1 aliphatic carbocycles. The molecule has 3 nitrogen and oxygen atoms in total. The first-order valence-corrected chi connectivity index (χ1v) is 8.81. The van der Waals surface area contributed by atoms with E-state index < -0.39 is 5.60 Å². The van der Waals surface area contributed by atoms with Gasteiger partial charge in [0.05, 0.1) is 18.1 Å². The van der Waals surface area contributed by atoms with Crippen LogP contribution in [0.1, 0.15) is 48.4 Å². The summed E-state index contributed by atoms with van der Waals surface area (Å²) in [6.45, 7) is 0.714. The normalized spacial score (nSPS) is 21.7. The van der Waals surface area contributed by atoms with Crippen LogP contribution in [-0.2, 0) is 11.2 Å². The summed E-state index contributed by atoms with van der Waals surface area (Å²) in [5.41, 5.74) is 2.90. The van der Waals surface area contributed by atoms with Gasteiger partial charge in [0.25, 0.3) is 0 Å². The van der Waals surface area contributed by atoms with Gasteiger partial charge < -0.3 is 10.0 Å². The first kappa shape index (κ1) is 15.4. The highest BCUT2D eigenvalue weighted by Crippen LogP contribution is 2.39. The summed E-state index contributed by atoms with van der Waals surface area (Å²) in [4.78, 5) is 14.9. The minimum atomic E-state index is -0.769. The lowest BCUT2D eigenvalue weighted by molar-refractivity contribution is -0.142. The number of carbonyl (C=O) groups excluding carboxylic acids is 1. The van der Waals surface area contributed by atoms with Crippen LogP contribution in [0.3, 0.4) is 0 Å². The van der Waals surface area contributed by atoms with Gasteiger partial charge in [0.2, 0.25) is 5.91 Å². The van der Waals surface area contributed by atoms with Gasteiger partial charge in [-0.2, -0.15) is 0 Å². The summed E-state index contributed by atoms with van der Waals surface area (Å²) in [7, 11) is 0. The number of hydrogen-bond donors (Lipinski definition) is 1. The Morgan fingerprint density at radius 3 is 2.50 bits per heavy atom. The number of carbonyl (C=O) groups is 1. The predicted molar refractivity (Wildman–Crippen MR) is 93.6 cm³/mol. The van der Waals surface area contributed by atoms with Crippen LogP contribution in [-0.4, -0.2) is 28.1 Å². The quantitative estimate of drug-likeness (QED) is 0.940. The third-order valence-electron chi connectivity index (χ3n) is 5.48. The maximum atomic E-state index is 13.0. The predicted octanol–water partition coefficient (Wildman–Crippen LogP) is 3.47. The molecule has 4 rings (SSSR count). The van der Waals surface area contributed by atoms with Crippen molar-refractivity contribution < 1.29 is 9.90 Å². The third kappa shape index (κ3) is 2.73. The molecule has 0 saturated heterocycles. The number of rotatable bonds is 3. The molecule has 2 aromatic carbocycles. The Labute approximate surface area is 142 Å². The van der Waals surface area contributed by atoms with E-state index >= 15 is 0 Å². The third-order valence-corrected chi connectivity index (χ3v) is 5.48. The summed E-state index contributed by atoms with van der Waals surface area (Å²) in [6.07, 6.45) is 3.65. The number of amides is 1. The monoisotopic (exact) mass is 321 g/mol. The van der Waals surface area contributed by atoms with Crippen molar-refractivity contribution >= 4 is 5.91 Å². The maximum absolute atomic E-state index is 13.0. The van der Waals surface area contributed by atoms with Crippen molar-refractivity contribution in [2.45, 2.75) is 43.7 Å². The van der Waals surface area contributed by atoms with Gasteiger partial charge in [-0.3, -0.25) is 4.79 Å². The SMILES string of the molecule is O=C(CC1(O)CCC1)N1CCc2ccccc2[C@@H]1c1ccccc1. The van der Waals surface area contributed by atoms with Crippen LogP contribution in [0, 0.1) is 0 Å². The number of benzene rings is 2. The van der Waals surface area contributed by atoms with Crippen molar-refractivity contribution in [2.24, 2.45) is 0 Å². The van der Waals surface area contributed by atoms with Gasteiger partial charge in [-0.25, -0.2) is 0 Å². The lowest BCUT2D eigenvalue weighted by atomic mass is 9.77. The van der Waals surface area contributed by atoms with E-state index in [0.717, 1.165) is 31.2 Å². The summed E-state index contributed by atoms with van der Waals surface area (Å²) >= 11 is 0. The van der Waals surface area contributed by atoms with E-state index in [2.05, 4.69) is 30.3 Å². The first-order chi connectivity index (χ1) is 11.7. The molecule has 124 valence electrons. The lowest BCUT2D eigenvalue weighted by Crippen LogP contribution is -2.46. The fourth-order valence-electron chi connectivity index (χ4n) is 3.97. The Balaban J connectivity index is 1.69. The molecular weight excluding hydrogens is 298 g/mol. The average molecular weight is 321 g/mol. The van der Waals surface area contributed by atoms with Crippen molar-refractivity contribution in [3.05, 3.63) is 71.3 Å². The van der Waals surface area contributed by atoms with Crippen LogP contribution >= 0.6 is 0 Å². The average Bonchev–Trinajstić information content (AvgIpc) is 2.60. The summed E-state index contributed by atoms with van der Waals surface area (Å²) in [5, 5.41) is 10.4.